The first kappa shape index (κ1) is 9.96. The lowest BCUT2D eigenvalue weighted by atomic mass is 9.86. The molecule has 1 saturated carbocycles. The Balaban J connectivity index is 1.73. The number of anilines is 1. The maximum atomic E-state index is 6.29. The summed E-state index contributed by atoms with van der Waals surface area (Å²) in [6.07, 6.45) is 2.58. The molecule has 1 saturated heterocycles. The van der Waals surface area contributed by atoms with Gasteiger partial charge in [-0.25, -0.2) is 4.98 Å². The van der Waals surface area contributed by atoms with Crippen molar-refractivity contribution < 1.29 is 0 Å². The van der Waals surface area contributed by atoms with E-state index in [9.17, 15) is 0 Å². The first-order chi connectivity index (χ1) is 7.58. The second-order valence-corrected chi connectivity index (χ2v) is 5.15. The number of nitrogens with zero attached hydrogens (tertiary/aromatic N) is 4. The Kier molecular flexibility index (Phi) is 1.95. The molecule has 1 aromatic heterocycles. The van der Waals surface area contributed by atoms with Crippen LogP contribution in [0.4, 0.5) is 5.95 Å². The summed E-state index contributed by atoms with van der Waals surface area (Å²) in [5.41, 5.74) is 8.15. The van der Waals surface area contributed by atoms with Crippen molar-refractivity contribution in [3.8, 4) is 0 Å². The van der Waals surface area contributed by atoms with Crippen LogP contribution in [0.15, 0.2) is 0 Å². The standard InChI is InChI=1S/C11H17N5/c1-7-8(2)14-15-10(13-7)16-5-11(12,6-16)9-3-4-9/h9H,3-6,12H2,1-2H3. The lowest BCUT2D eigenvalue weighted by Gasteiger charge is -2.48. The van der Waals surface area contributed by atoms with Crippen LogP contribution in [0.25, 0.3) is 0 Å². The van der Waals surface area contributed by atoms with Gasteiger partial charge in [-0.3, -0.25) is 0 Å². The summed E-state index contributed by atoms with van der Waals surface area (Å²) in [5.74, 6) is 1.45. The van der Waals surface area contributed by atoms with E-state index in [4.69, 9.17) is 5.73 Å². The molecule has 5 nitrogen and oxygen atoms in total. The molecule has 0 amide bonds. The zero-order chi connectivity index (χ0) is 11.3. The molecule has 16 heavy (non-hydrogen) atoms. The maximum Gasteiger partial charge on any atom is 0.245 e. The van der Waals surface area contributed by atoms with Crippen LogP contribution in [0.5, 0.6) is 0 Å². The molecule has 2 heterocycles. The first-order valence-electron chi connectivity index (χ1n) is 5.80. The van der Waals surface area contributed by atoms with Crippen molar-refractivity contribution in [3.63, 3.8) is 0 Å². The lowest BCUT2D eigenvalue weighted by molar-refractivity contribution is 0.286. The van der Waals surface area contributed by atoms with E-state index in [1.54, 1.807) is 0 Å². The van der Waals surface area contributed by atoms with Crippen molar-refractivity contribution in [2.75, 3.05) is 18.0 Å². The van der Waals surface area contributed by atoms with Gasteiger partial charge in [0.15, 0.2) is 0 Å². The molecular weight excluding hydrogens is 202 g/mol. The predicted molar refractivity (Wildman–Crippen MR) is 61.2 cm³/mol. The minimum Gasteiger partial charge on any atom is -0.336 e. The van der Waals surface area contributed by atoms with Gasteiger partial charge in [0.1, 0.15) is 0 Å². The number of rotatable bonds is 2. The lowest BCUT2D eigenvalue weighted by Crippen LogP contribution is -2.69. The molecule has 0 aromatic carbocycles. The SMILES string of the molecule is Cc1nnc(N2CC(N)(C3CC3)C2)nc1C. The van der Waals surface area contributed by atoms with Gasteiger partial charge in [-0.15, -0.1) is 5.10 Å². The Bertz CT molecular complexity index is 420. The van der Waals surface area contributed by atoms with Crippen LogP contribution in [0.2, 0.25) is 0 Å². The number of hydrogen-bond acceptors (Lipinski definition) is 5. The largest absolute Gasteiger partial charge is 0.336 e. The van der Waals surface area contributed by atoms with Crippen LogP contribution in [-0.2, 0) is 0 Å². The Morgan fingerprint density at radius 3 is 2.44 bits per heavy atom. The Morgan fingerprint density at radius 2 is 1.88 bits per heavy atom. The molecule has 2 aliphatic rings. The van der Waals surface area contributed by atoms with E-state index in [1.165, 1.54) is 12.8 Å². The van der Waals surface area contributed by atoms with E-state index in [-0.39, 0.29) is 5.54 Å². The third-order valence-corrected chi connectivity index (χ3v) is 3.72. The number of aryl methyl sites for hydroxylation is 2. The minimum absolute atomic E-state index is 0.0160. The zero-order valence-electron chi connectivity index (χ0n) is 9.77. The molecular formula is C11H17N5. The molecule has 2 fully saturated rings. The Hall–Kier alpha value is -1.23. The van der Waals surface area contributed by atoms with E-state index in [0.717, 1.165) is 36.3 Å². The van der Waals surface area contributed by atoms with Crippen molar-refractivity contribution in [1.29, 1.82) is 0 Å². The predicted octanol–water partition coefficient (Wildman–Crippen LogP) is 0.416. The highest BCUT2D eigenvalue weighted by molar-refractivity contribution is 5.39. The van der Waals surface area contributed by atoms with Crippen molar-refractivity contribution in [1.82, 2.24) is 15.2 Å². The molecule has 0 spiro atoms. The van der Waals surface area contributed by atoms with Crippen molar-refractivity contribution in [3.05, 3.63) is 11.4 Å². The minimum atomic E-state index is 0.0160. The molecule has 0 bridgehead atoms. The molecule has 3 rings (SSSR count). The fraction of sp³-hybridized carbons (Fsp3) is 0.727. The maximum absolute atomic E-state index is 6.29. The van der Waals surface area contributed by atoms with Crippen LogP contribution in [0.1, 0.15) is 24.2 Å². The number of aromatic nitrogens is 3. The van der Waals surface area contributed by atoms with E-state index in [0.29, 0.717) is 0 Å². The van der Waals surface area contributed by atoms with Gasteiger partial charge in [-0.05, 0) is 32.6 Å². The highest BCUT2D eigenvalue weighted by atomic mass is 15.4. The van der Waals surface area contributed by atoms with Crippen LogP contribution in [0, 0.1) is 19.8 Å². The fourth-order valence-electron chi connectivity index (χ4n) is 2.30. The average molecular weight is 219 g/mol. The van der Waals surface area contributed by atoms with Crippen molar-refractivity contribution in [2.45, 2.75) is 32.2 Å². The van der Waals surface area contributed by atoms with E-state index in [2.05, 4.69) is 20.1 Å². The average Bonchev–Trinajstić information content (AvgIpc) is 3.01. The third kappa shape index (κ3) is 1.46. The fourth-order valence-corrected chi connectivity index (χ4v) is 2.30. The highest BCUT2D eigenvalue weighted by Crippen LogP contribution is 2.43. The first-order valence-corrected chi connectivity index (χ1v) is 5.80. The molecule has 1 aromatic rings. The van der Waals surface area contributed by atoms with Gasteiger partial charge < -0.3 is 10.6 Å². The Labute approximate surface area is 95.1 Å². The molecule has 0 atom stereocenters. The number of hydrogen-bond donors (Lipinski definition) is 1. The smallest absolute Gasteiger partial charge is 0.245 e. The van der Waals surface area contributed by atoms with Gasteiger partial charge in [0.25, 0.3) is 0 Å². The highest BCUT2D eigenvalue weighted by Gasteiger charge is 2.51. The van der Waals surface area contributed by atoms with Crippen LogP contribution >= 0.6 is 0 Å². The zero-order valence-corrected chi connectivity index (χ0v) is 9.77. The topological polar surface area (TPSA) is 67.9 Å². The third-order valence-electron chi connectivity index (χ3n) is 3.72. The van der Waals surface area contributed by atoms with Gasteiger partial charge in [-0.1, -0.05) is 0 Å². The van der Waals surface area contributed by atoms with Crippen molar-refractivity contribution in [2.24, 2.45) is 11.7 Å². The summed E-state index contributed by atoms with van der Waals surface area (Å²) in [5, 5.41) is 8.21. The van der Waals surface area contributed by atoms with Crippen LogP contribution in [-0.4, -0.2) is 33.8 Å². The van der Waals surface area contributed by atoms with E-state index < -0.39 is 0 Å². The van der Waals surface area contributed by atoms with E-state index in [1.807, 2.05) is 13.8 Å². The molecule has 0 radical (unpaired) electrons. The van der Waals surface area contributed by atoms with Gasteiger partial charge in [0, 0.05) is 13.1 Å². The van der Waals surface area contributed by atoms with E-state index >= 15 is 0 Å². The number of nitrogens with two attached hydrogens (primary N) is 1. The monoisotopic (exact) mass is 219 g/mol. The van der Waals surface area contributed by atoms with Crippen LogP contribution < -0.4 is 10.6 Å². The second-order valence-electron chi connectivity index (χ2n) is 5.15. The summed E-state index contributed by atoms with van der Waals surface area (Å²) >= 11 is 0. The molecule has 86 valence electrons. The van der Waals surface area contributed by atoms with Gasteiger partial charge >= 0.3 is 0 Å². The summed E-state index contributed by atoms with van der Waals surface area (Å²) < 4.78 is 0. The van der Waals surface area contributed by atoms with Gasteiger partial charge in [0.2, 0.25) is 5.95 Å². The van der Waals surface area contributed by atoms with Crippen molar-refractivity contribution >= 4 is 5.95 Å². The molecule has 0 unspecified atom stereocenters. The molecule has 1 aliphatic heterocycles. The van der Waals surface area contributed by atoms with Gasteiger partial charge in [-0.2, -0.15) is 5.10 Å². The Morgan fingerprint density at radius 1 is 1.19 bits per heavy atom. The quantitative estimate of drug-likeness (QED) is 0.780. The normalized spacial score (nSPS) is 23.1. The molecule has 2 N–H and O–H groups in total. The summed E-state index contributed by atoms with van der Waals surface area (Å²) in [6.45, 7) is 5.64. The molecule has 1 aliphatic carbocycles. The van der Waals surface area contributed by atoms with Crippen LogP contribution in [0.3, 0.4) is 0 Å². The summed E-state index contributed by atoms with van der Waals surface area (Å²) in [6, 6.07) is 0. The summed E-state index contributed by atoms with van der Waals surface area (Å²) in [7, 11) is 0. The van der Waals surface area contributed by atoms with Gasteiger partial charge in [0.05, 0.1) is 16.9 Å². The molecule has 5 heteroatoms. The second kappa shape index (κ2) is 3.13. The summed E-state index contributed by atoms with van der Waals surface area (Å²) in [4.78, 5) is 6.56.